The highest BCUT2D eigenvalue weighted by Crippen LogP contribution is 2.24. The Balaban J connectivity index is 1.94. The van der Waals surface area contributed by atoms with E-state index in [1.165, 1.54) is 18.2 Å². The van der Waals surface area contributed by atoms with Crippen molar-refractivity contribution < 1.29 is 24.9 Å². The van der Waals surface area contributed by atoms with Gasteiger partial charge in [0, 0.05) is 32.7 Å². The Labute approximate surface area is 122 Å². The maximum absolute atomic E-state index is 12.3. The van der Waals surface area contributed by atoms with Crippen LogP contribution in [0.15, 0.2) is 18.2 Å². The lowest BCUT2D eigenvalue weighted by atomic mass is 10.1. The summed E-state index contributed by atoms with van der Waals surface area (Å²) in [7, 11) is 0. The molecule has 1 heterocycles. The third-order valence-electron chi connectivity index (χ3n) is 3.51. The first-order chi connectivity index (χ1) is 9.97. The molecule has 1 aromatic rings. The summed E-state index contributed by atoms with van der Waals surface area (Å²) >= 11 is 0. The molecule has 21 heavy (non-hydrogen) atoms. The summed E-state index contributed by atoms with van der Waals surface area (Å²) in [5.41, 5.74) is 0.0778. The van der Waals surface area contributed by atoms with Gasteiger partial charge in [0.2, 0.25) is 0 Å². The number of hydrogen-bond donors (Lipinski definition) is 3. The second-order valence-electron chi connectivity index (χ2n) is 4.98. The monoisotopic (exact) mass is 294 g/mol. The predicted octanol–water partition coefficient (Wildman–Crippen LogP) is 0.330. The molecular formula is C14H18N2O5. The van der Waals surface area contributed by atoms with E-state index in [1.54, 1.807) is 4.90 Å². The molecule has 1 saturated heterocycles. The van der Waals surface area contributed by atoms with Crippen molar-refractivity contribution in [3.63, 3.8) is 0 Å². The first kappa shape index (κ1) is 15.1. The Kier molecular flexibility index (Phi) is 4.64. The SMILES string of the molecule is O=C(O)CCN1CCN(C(=O)c2cc(O)ccc2O)CC1. The third-order valence-corrected chi connectivity index (χ3v) is 3.51. The quantitative estimate of drug-likeness (QED) is 0.692. The van der Waals surface area contributed by atoms with E-state index in [9.17, 15) is 19.8 Å². The second kappa shape index (κ2) is 6.45. The van der Waals surface area contributed by atoms with Gasteiger partial charge in [0.25, 0.3) is 5.91 Å². The summed E-state index contributed by atoms with van der Waals surface area (Å²) in [6.07, 6.45) is 0.0846. The molecule has 3 N–H and O–H groups in total. The van der Waals surface area contributed by atoms with Crippen molar-refractivity contribution in [3.8, 4) is 11.5 Å². The molecule has 1 aromatic carbocycles. The van der Waals surface area contributed by atoms with E-state index in [0.717, 1.165) is 0 Å². The molecule has 0 unspecified atom stereocenters. The lowest BCUT2D eigenvalue weighted by molar-refractivity contribution is -0.137. The van der Waals surface area contributed by atoms with E-state index < -0.39 is 5.97 Å². The molecular weight excluding hydrogens is 276 g/mol. The van der Waals surface area contributed by atoms with Gasteiger partial charge in [0.05, 0.1) is 12.0 Å². The molecule has 0 spiro atoms. The lowest BCUT2D eigenvalue weighted by Crippen LogP contribution is -2.49. The molecule has 7 heteroatoms. The van der Waals surface area contributed by atoms with E-state index in [0.29, 0.717) is 32.7 Å². The highest BCUT2D eigenvalue weighted by molar-refractivity contribution is 5.97. The molecule has 0 saturated carbocycles. The number of carboxylic acid groups (broad SMARTS) is 1. The number of carbonyl (C=O) groups is 2. The molecule has 1 aliphatic rings. The standard InChI is InChI=1S/C14H18N2O5/c17-10-1-2-12(18)11(9-10)14(21)16-7-5-15(6-8-16)4-3-13(19)20/h1-2,9,17-18H,3-8H2,(H,19,20). The van der Waals surface area contributed by atoms with Crippen molar-refractivity contribution in [2.24, 2.45) is 0 Å². The molecule has 114 valence electrons. The predicted molar refractivity (Wildman–Crippen MR) is 74.4 cm³/mol. The zero-order chi connectivity index (χ0) is 15.4. The number of phenols is 2. The number of carbonyl (C=O) groups excluding carboxylic acids is 1. The first-order valence-corrected chi connectivity index (χ1v) is 6.73. The Morgan fingerprint density at radius 3 is 2.38 bits per heavy atom. The third kappa shape index (κ3) is 3.85. The Morgan fingerprint density at radius 1 is 1.10 bits per heavy atom. The van der Waals surface area contributed by atoms with Gasteiger partial charge in [0.15, 0.2) is 0 Å². The maximum Gasteiger partial charge on any atom is 0.304 e. The summed E-state index contributed by atoms with van der Waals surface area (Å²) < 4.78 is 0. The van der Waals surface area contributed by atoms with Crippen LogP contribution in [0.25, 0.3) is 0 Å². The lowest BCUT2D eigenvalue weighted by Gasteiger charge is -2.34. The smallest absolute Gasteiger partial charge is 0.304 e. The van der Waals surface area contributed by atoms with E-state index in [2.05, 4.69) is 0 Å². The number of phenolic OH excluding ortho intramolecular Hbond substituents is 2. The maximum atomic E-state index is 12.3. The molecule has 0 aromatic heterocycles. The zero-order valence-electron chi connectivity index (χ0n) is 11.5. The molecule has 7 nitrogen and oxygen atoms in total. The van der Waals surface area contributed by atoms with Crippen LogP contribution in [0.5, 0.6) is 11.5 Å². The summed E-state index contributed by atoms with van der Waals surface area (Å²) in [4.78, 5) is 26.4. The minimum Gasteiger partial charge on any atom is -0.508 e. The van der Waals surface area contributed by atoms with Crippen LogP contribution in [0.3, 0.4) is 0 Å². The minimum absolute atomic E-state index is 0.0729. The molecule has 0 atom stereocenters. The van der Waals surface area contributed by atoms with Crippen LogP contribution in [0.4, 0.5) is 0 Å². The minimum atomic E-state index is -0.835. The Morgan fingerprint density at radius 2 is 1.76 bits per heavy atom. The molecule has 2 rings (SSSR count). The highest BCUT2D eigenvalue weighted by Gasteiger charge is 2.24. The number of piperazine rings is 1. The van der Waals surface area contributed by atoms with Crippen LogP contribution in [-0.4, -0.2) is 69.7 Å². The van der Waals surface area contributed by atoms with Gasteiger partial charge in [0.1, 0.15) is 11.5 Å². The Hall–Kier alpha value is -2.28. The highest BCUT2D eigenvalue weighted by atomic mass is 16.4. The molecule has 1 amide bonds. The number of hydrogen-bond acceptors (Lipinski definition) is 5. The number of nitrogens with zero attached hydrogens (tertiary/aromatic N) is 2. The molecule has 0 bridgehead atoms. The van der Waals surface area contributed by atoms with Crippen LogP contribution in [0.2, 0.25) is 0 Å². The summed E-state index contributed by atoms with van der Waals surface area (Å²) in [5.74, 6) is -1.40. The molecule has 1 aliphatic heterocycles. The van der Waals surface area contributed by atoms with E-state index in [-0.39, 0.29) is 29.4 Å². The van der Waals surface area contributed by atoms with Crippen LogP contribution in [0, 0.1) is 0 Å². The number of rotatable bonds is 4. The molecule has 0 aliphatic carbocycles. The van der Waals surface area contributed by atoms with Crippen molar-refractivity contribution in [3.05, 3.63) is 23.8 Å². The normalized spacial score (nSPS) is 15.9. The van der Waals surface area contributed by atoms with E-state index in [4.69, 9.17) is 5.11 Å². The fraction of sp³-hybridized carbons (Fsp3) is 0.429. The van der Waals surface area contributed by atoms with Gasteiger partial charge in [-0.15, -0.1) is 0 Å². The van der Waals surface area contributed by atoms with E-state index >= 15 is 0 Å². The van der Waals surface area contributed by atoms with Crippen LogP contribution < -0.4 is 0 Å². The largest absolute Gasteiger partial charge is 0.508 e. The second-order valence-corrected chi connectivity index (χ2v) is 4.98. The summed E-state index contributed by atoms with van der Waals surface area (Å²) in [5, 5.41) is 27.7. The molecule has 0 radical (unpaired) electrons. The van der Waals surface area contributed by atoms with Gasteiger partial charge >= 0.3 is 5.97 Å². The van der Waals surface area contributed by atoms with Gasteiger partial charge in [-0.25, -0.2) is 0 Å². The van der Waals surface area contributed by atoms with Gasteiger partial charge in [-0.05, 0) is 18.2 Å². The fourth-order valence-electron chi connectivity index (χ4n) is 2.29. The number of benzene rings is 1. The van der Waals surface area contributed by atoms with Crippen molar-refractivity contribution in [1.29, 1.82) is 0 Å². The average molecular weight is 294 g/mol. The number of amides is 1. The van der Waals surface area contributed by atoms with Gasteiger partial charge in [-0.1, -0.05) is 0 Å². The van der Waals surface area contributed by atoms with Crippen molar-refractivity contribution >= 4 is 11.9 Å². The number of carboxylic acids is 1. The first-order valence-electron chi connectivity index (χ1n) is 6.73. The van der Waals surface area contributed by atoms with Gasteiger partial charge in [-0.3, -0.25) is 14.5 Å². The molecule has 1 fully saturated rings. The van der Waals surface area contributed by atoms with Gasteiger partial charge < -0.3 is 20.2 Å². The number of aliphatic carboxylic acids is 1. The van der Waals surface area contributed by atoms with Crippen LogP contribution >= 0.6 is 0 Å². The zero-order valence-corrected chi connectivity index (χ0v) is 11.5. The van der Waals surface area contributed by atoms with Crippen molar-refractivity contribution in [1.82, 2.24) is 9.80 Å². The summed E-state index contributed by atoms with van der Waals surface area (Å²) in [6, 6.07) is 3.84. The average Bonchev–Trinajstić information content (AvgIpc) is 2.47. The van der Waals surface area contributed by atoms with Gasteiger partial charge in [-0.2, -0.15) is 0 Å². The van der Waals surface area contributed by atoms with Crippen LogP contribution in [0.1, 0.15) is 16.8 Å². The van der Waals surface area contributed by atoms with Crippen molar-refractivity contribution in [2.75, 3.05) is 32.7 Å². The summed E-state index contributed by atoms with van der Waals surface area (Å²) in [6.45, 7) is 2.59. The Bertz CT molecular complexity index is 538. The fourth-order valence-corrected chi connectivity index (χ4v) is 2.29. The number of aromatic hydroxyl groups is 2. The topological polar surface area (TPSA) is 101 Å². The van der Waals surface area contributed by atoms with Crippen LogP contribution in [-0.2, 0) is 4.79 Å². The van der Waals surface area contributed by atoms with Crippen molar-refractivity contribution in [2.45, 2.75) is 6.42 Å². The van der Waals surface area contributed by atoms with E-state index in [1.807, 2.05) is 4.90 Å².